The van der Waals surface area contributed by atoms with E-state index in [1.165, 1.54) is 24.3 Å². The van der Waals surface area contributed by atoms with Crippen molar-refractivity contribution in [3.05, 3.63) is 29.3 Å². The van der Waals surface area contributed by atoms with Crippen molar-refractivity contribution < 1.29 is 27.0 Å². The molecule has 1 aliphatic rings. The highest BCUT2D eigenvalue weighted by Gasteiger charge is 2.39. The van der Waals surface area contributed by atoms with Crippen molar-refractivity contribution in [1.29, 1.82) is 0 Å². The molecule has 10 heteroatoms. The molecule has 7 nitrogen and oxygen atoms in total. The van der Waals surface area contributed by atoms with E-state index in [1.54, 1.807) is 0 Å². The van der Waals surface area contributed by atoms with Gasteiger partial charge in [-0.3, -0.25) is 0 Å². The molecular weight excluding hydrogens is 366 g/mol. The van der Waals surface area contributed by atoms with Crippen molar-refractivity contribution in [1.82, 2.24) is 4.31 Å². The molecule has 1 heterocycles. The van der Waals surface area contributed by atoms with Crippen molar-refractivity contribution in [2.75, 3.05) is 24.7 Å². The van der Waals surface area contributed by atoms with Gasteiger partial charge in [-0.1, -0.05) is 11.6 Å². The Labute approximate surface area is 140 Å². The summed E-state index contributed by atoms with van der Waals surface area (Å²) in [6.45, 7) is -0.992. The van der Waals surface area contributed by atoms with E-state index in [0.29, 0.717) is 5.02 Å². The van der Waals surface area contributed by atoms with Gasteiger partial charge < -0.3 is 10.2 Å². The number of hydrogen-bond acceptors (Lipinski definition) is 6. The van der Waals surface area contributed by atoms with E-state index in [9.17, 15) is 21.9 Å². The molecule has 130 valence electrons. The van der Waals surface area contributed by atoms with Gasteiger partial charge in [0.15, 0.2) is 9.84 Å². The maximum atomic E-state index is 12.8. The lowest BCUT2D eigenvalue weighted by molar-refractivity contribution is 0.0730. The van der Waals surface area contributed by atoms with E-state index in [1.807, 2.05) is 0 Å². The topological polar surface area (TPSA) is 112 Å². The van der Waals surface area contributed by atoms with Gasteiger partial charge in [0.1, 0.15) is 0 Å². The fourth-order valence-corrected chi connectivity index (χ4v) is 6.10. The van der Waals surface area contributed by atoms with Crippen molar-refractivity contribution in [3.8, 4) is 0 Å². The summed E-state index contributed by atoms with van der Waals surface area (Å²) in [6, 6.07) is 4.71. The number of nitrogens with zero attached hydrogens (tertiary/aromatic N) is 1. The standard InChI is InChI=1S/C13H18ClNO6S2/c14-10-1-3-13(4-2-10)23(20,21)15(7-12(17)8-16)11-5-6-22(18,19)9-11/h1-4,11-12,16-17H,5-9H2/t11-,12-/m1/s1. The molecule has 0 aromatic heterocycles. The molecule has 0 unspecified atom stereocenters. The molecule has 23 heavy (non-hydrogen) atoms. The second-order valence-corrected chi connectivity index (χ2v) is 9.98. The summed E-state index contributed by atoms with van der Waals surface area (Å²) < 4.78 is 49.9. The molecule has 2 atom stereocenters. The van der Waals surface area contributed by atoms with Crippen molar-refractivity contribution in [2.45, 2.75) is 23.5 Å². The third kappa shape index (κ3) is 4.43. The predicted molar refractivity (Wildman–Crippen MR) is 85.5 cm³/mol. The minimum Gasteiger partial charge on any atom is -0.394 e. The van der Waals surface area contributed by atoms with Gasteiger partial charge in [0.25, 0.3) is 0 Å². The molecule has 2 rings (SSSR count). The summed E-state index contributed by atoms with van der Waals surface area (Å²) in [5.41, 5.74) is 0. The SMILES string of the molecule is O=S1(=O)CC[C@@H](N(C[C@@H](O)CO)S(=O)(=O)c2ccc(Cl)cc2)C1. The smallest absolute Gasteiger partial charge is 0.243 e. The number of aliphatic hydroxyl groups excluding tert-OH is 2. The Morgan fingerprint density at radius 1 is 1.30 bits per heavy atom. The largest absolute Gasteiger partial charge is 0.394 e. The van der Waals surface area contributed by atoms with E-state index in [2.05, 4.69) is 0 Å². The third-order valence-corrected chi connectivity index (χ3v) is 7.57. The molecule has 1 saturated heterocycles. The zero-order valence-electron chi connectivity index (χ0n) is 12.2. The number of hydrogen-bond donors (Lipinski definition) is 2. The van der Waals surface area contributed by atoms with Gasteiger partial charge in [-0.15, -0.1) is 0 Å². The zero-order chi connectivity index (χ0) is 17.3. The average molecular weight is 384 g/mol. The van der Waals surface area contributed by atoms with Crippen LogP contribution in [0.4, 0.5) is 0 Å². The molecule has 0 spiro atoms. The van der Waals surface area contributed by atoms with Gasteiger partial charge in [0.2, 0.25) is 10.0 Å². The van der Waals surface area contributed by atoms with Crippen LogP contribution in [0, 0.1) is 0 Å². The van der Waals surface area contributed by atoms with E-state index in [0.717, 1.165) is 4.31 Å². The highest BCUT2D eigenvalue weighted by atomic mass is 35.5. The first-order chi connectivity index (χ1) is 10.7. The van der Waals surface area contributed by atoms with Gasteiger partial charge in [0.05, 0.1) is 29.1 Å². The van der Waals surface area contributed by atoms with Crippen LogP contribution >= 0.6 is 11.6 Å². The van der Waals surface area contributed by atoms with Gasteiger partial charge in [0, 0.05) is 17.6 Å². The summed E-state index contributed by atoms with van der Waals surface area (Å²) in [4.78, 5) is -0.0451. The highest BCUT2D eigenvalue weighted by Crippen LogP contribution is 2.26. The summed E-state index contributed by atoms with van der Waals surface area (Å²) in [5, 5.41) is 19.0. The Morgan fingerprint density at radius 2 is 1.91 bits per heavy atom. The Bertz CT molecular complexity index is 747. The quantitative estimate of drug-likeness (QED) is 0.707. The van der Waals surface area contributed by atoms with E-state index in [4.69, 9.17) is 16.7 Å². The van der Waals surface area contributed by atoms with Crippen molar-refractivity contribution in [3.63, 3.8) is 0 Å². The first-order valence-corrected chi connectivity index (χ1v) is 10.6. The molecule has 1 fully saturated rings. The zero-order valence-corrected chi connectivity index (χ0v) is 14.6. The maximum Gasteiger partial charge on any atom is 0.243 e. The molecule has 0 radical (unpaired) electrons. The molecule has 0 saturated carbocycles. The molecule has 1 aliphatic heterocycles. The van der Waals surface area contributed by atoms with E-state index in [-0.39, 0.29) is 29.4 Å². The van der Waals surface area contributed by atoms with Gasteiger partial charge in [-0.2, -0.15) is 4.31 Å². The molecule has 1 aromatic rings. The van der Waals surface area contributed by atoms with Crippen LogP contribution in [-0.2, 0) is 19.9 Å². The fraction of sp³-hybridized carbons (Fsp3) is 0.538. The Balaban J connectivity index is 2.37. The number of aliphatic hydroxyl groups is 2. The lowest BCUT2D eigenvalue weighted by Gasteiger charge is -2.28. The van der Waals surface area contributed by atoms with Crippen LogP contribution in [0.25, 0.3) is 0 Å². The third-order valence-electron chi connectivity index (χ3n) is 3.64. The average Bonchev–Trinajstić information content (AvgIpc) is 2.84. The van der Waals surface area contributed by atoms with Crippen LogP contribution in [0.2, 0.25) is 5.02 Å². The van der Waals surface area contributed by atoms with Gasteiger partial charge in [-0.25, -0.2) is 16.8 Å². The molecule has 0 bridgehead atoms. The second-order valence-electron chi connectivity index (χ2n) is 5.42. The summed E-state index contributed by atoms with van der Waals surface area (Å²) in [5.74, 6) is -0.391. The Morgan fingerprint density at radius 3 is 2.39 bits per heavy atom. The molecule has 1 aromatic carbocycles. The highest BCUT2D eigenvalue weighted by molar-refractivity contribution is 7.92. The van der Waals surface area contributed by atoms with Crippen LogP contribution < -0.4 is 0 Å². The first-order valence-electron chi connectivity index (χ1n) is 6.92. The van der Waals surface area contributed by atoms with Gasteiger partial charge in [-0.05, 0) is 30.7 Å². The second kappa shape index (κ2) is 7.04. The Kier molecular flexibility index (Phi) is 5.70. The van der Waals surface area contributed by atoms with E-state index < -0.39 is 38.6 Å². The van der Waals surface area contributed by atoms with Gasteiger partial charge >= 0.3 is 0 Å². The first kappa shape index (κ1) is 18.6. The maximum absolute atomic E-state index is 12.8. The summed E-state index contributed by atoms with van der Waals surface area (Å²) in [7, 11) is -7.32. The normalized spacial score (nSPS) is 22.3. The van der Waals surface area contributed by atoms with Crippen LogP contribution in [0.1, 0.15) is 6.42 Å². The van der Waals surface area contributed by atoms with E-state index >= 15 is 0 Å². The molecule has 0 amide bonds. The van der Waals surface area contributed by atoms with Crippen LogP contribution in [0.5, 0.6) is 0 Å². The number of halogens is 1. The number of sulfonamides is 1. The van der Waals surface area contributed by atoms with Crippen molar-refractivity contribution in [2.24, 2.45) is 0 Å². The minimum atomic E-state index is -4.02. The lowest BCUT2D eigenvalue weighted by atomic mass is 10.2. The Hall–Kier alpha value is -0.710. The van der Waals surface area contributed by atoms with Crippen LogP contribution in [0.3, 0.4) is 0 Å². The summed E-state index contributed by atoms with van der Waals surface area (Å²) in [6.07, 6.45) is -1.13. The monoisotopic (exact) mass is 383 g/mol. The number of benzene rings is 1. The minimum absolute atomic E-state index is 0.0451. The van der Waals surface area contributed by atoms with Crippen LogP contribution in [-0.4, -0.2) is 68.2 Å². The summed E-state index contributed by atoms with van der Waals surface area (Å²) >= 11 is 5.75. The molecular formula is C13H18ClNO6S2. The van der Waals surface area contributed by atoms with Crippen LogP contribution in [0.15, 0.2) is 29.2 Å². The predicted octanol–water partition coefficient (Wildman–Crippen LogP) is -0.129. The fourth-order valence-electron chi connectivity index (χ4n) is 2.45. The number of sulfone groups is 1. The molecule has 2 N–H and O–H groups in total. The molecule has 0 aliphatic carbocycles. The number of rotatable bonds is 6. The lowest BCUT2D eigenvalue weighted by Crippen LogP contribution is -2.46. The van der Waals surface area contributed by atoms with Crippen molar-refractivity contribution >= 4 is 31.5 Å².